The number of nitrogens with zero attached hydrogens (tertiary/aromatic N) is 1. The Labute approximate surface area is 176 Å². The van der Waals surface area contributed by atoms with Gasteiger partial charge in [-0.05, 0) is 61.4 Å². The van der Waals surface area contributed by atoms with E-state index in [4.69, 9.17) is 4.74 Å². The van der Waals surface area contributed by atoms with Crippen molar-refractivity contribution in [1.82, 2.24) is 4.90 Å². The van der Waals surface area contributed by atoms with E-state index in [1.807, 2.05) is 12.1 Å². The van der Waals surface area contributed by atoms with E-state index in [-0.39, 0.29) is 30.4 Å². The van der Waals surface area contributed by atoms with Gasteiger partial charge in [0, 0.05) is 18.7 Å². The van der Waals surface area contributed by atoms with Gasteiger partial charge in [-0.15, -0.1) is 0 Å². The highest BCUT2D eigenvalue weighted by atomic mass is 16.5. The third-order valence-electron chi connectivity index (χ3n) is 5.84. The lowest BCUT2D eigenvalue weighted by molar-refractivity contribution is -0.135. The average Bonchev–Trinajstić information content (AvgIpc) is 3.62. The van der Waals surface area contributed by atoms with Gasteiger partial charge in [0.25, 0.3) is 5.91 Å². The van der Waals surface area contributed by atoms with Crippen molar-refractivity contribution in [2.75, 3.05) is 19.0 Å². The number of nitrogens with one attached hydrogen (secondary N) is 1. The predicted octanol–water partition coefficient (Wildman–Crippen LogP) is 3.73. The van der Waals surface area contributed by atoms with Gasteiger partial charge in [-0.2, -0.15) is 0 Å². The summed E-state index contributed by atoms with van der Waals surface area (Å²) in [5, 5.41) is 2.81. The molecule has 2 aromatic carbocycles. The van der Waals surface area contributed by atoms with E-state index in [1.165, 1.54) is 11.1 Å². The van der Waals surface area contributed by atoms with E-state index >= 15 is 0 Å². The summed E-state index contributed by atoms with van der Waals surface area (Å²) in [6.07, 6.45) is 4.77. The molecule has 0 aliphatic heterocycles. The maximum Gasteiger partial charge on any atom is 0.338 e. The number of amides is 2. The summed E-state index contributed by atoms with van der Waals surface area (Å²) in [6, 6.07) is 14.8. The minimum atomic E-state index is -0.580. The second kappa shape index (κ2) is 8.69. The average molecular weight is 406 g/mol. The fraction of sp³-hybridized carbons (Fsp3) is 0.375. The van der Waals surface area contributed by atoms with E-state index in [1.54, 1.807) is 36.2 Å². The topological polar surface area (TPSA) is 75.7 Å². The molecular weight excluding hydrogens is 380 g/mol. The molecule has 156 valence electrons. The normalized spacial score (nSPS) is 17.6. The SMILES string of the molecule is CN(C(=O)COC(=O)c1cccc(NC(=O)C2CC2)c1)C1CCCc2ccccc21. The van der Waals surface area contributed by atoms with E-state index in [0.717, 1.165) is 32.1 Å². The summed E-state index contributed by atoms with van der Waals surface area (Å²) in [7, 11) is 1.76. The van der Waals surface area contributed by atoms with E-state index in [0.29, 0.717) is 11.3 Å². The Balaban J connectivity index is 1.35. The molecule has 2 aliphatic carbocycles. The summed E-state index contributed by atoms with van der Waals surface area (Å²) in [4.78, 5) is 38.7. The van der Waals surface area contributed by atoms with Gasteiger partial charge in [0.1, 0.15) is 0 Å². The van der Waals surface area contributed by atoms with Crippen molar-refractivity contribution in [2.45, 2.75) is 38.1 Å². The molecule has 1 atom stereocenters. The van der Waals surface area contributed by atoms with E-state index in [9.17, 15) is 14.4 Å². The first kappa shape index (κ1) is 20.1. The zero-order chi connectivity index (χ0) is 21.1. The minimum Gasteiger partial charge on any atom is -0.452 e. The van der Waals surface area contributed by atoms with Gasteiger partial charge in [-0.3, -0.25) is 9.59 Å². The Morgan fingerprint density at radius 1 is 1.07 bits per heavy atom. The summed E-state index contributed by atoms with van der Waals surface area (Å²) in [6.45, 7) is -0.313. The monoisotopic (exact) mass is 406 g/mol. The van der Waals surface area contributed by atoms with Gasteiger partial charge < -0.3 is 15.0 Å². The molecule has 6 heteroatoms. The zero-order valence-corrected chi connectivity index (χ0v) is 17.1. The second-order valence-electron chi connectivity index (χ2n) is 8.03. The number of ether oxygens (including phenoxy) is 1. The zero-order valence-electron chi connectivity index (χ0n) is 17.1. The first-order chi connectivity index (χ1) is 14.5. The molecule has 1 unspecified atom stereocenters. The molecule has 2 aromatic rings. The van der Waals surface area contributed by atoms with Crippen LogP contribution >= 0.6 is 0 Å². The molecule has 2 aliphatic rings. The van der Waals surface area contributed by atoms with Crippen LogP contribution in [0.1, 0.15) is 53.2 Å². The summed E-state index contributed by atoms with van der Waals surface area (Å²) in [5.74, 6) is -0.754. The van der Waals surface area contributed by atoms with Crippen molar-refractivity contribution in [3.63, 3.8) is 0 Å². The molecule has 4 rings (SSSR count). The summed E-state index contributed by atoms with van der Waals surface area (Å²) >= 11 is 0. The highest BCUT2D eigenvalue weighted by Gasteiger charge is 2.30. The van der Waals surface area contributed by atoms with Crippen LogP contribution in [0.2, 0.25) is 0 Å². The largest absolute Gasteiger partial charge is 0.452 e. The Bertz CT molecular complexity index is 967. The summed E-state index contributed by atoms with van der Waals surface area (Å²) in [5.41, 5.74) is 3.31. The van der Waals surface area contributed by atoms with Gasteiger partial charge >= 0.3 is 5.97 Å². The lowest BCUT2D eigenvalue weighted by Gasteiger charge is -2.33. The predicted molar refractivity (Wildman–Crippen MR) is 113 cm³/mol. The van der Waals surface area contributed by atoms with E-state index < -0.39 is 5.97 Å². The molecule has 1 fully saturated rings. The molecule has 2 amide bonds. The fourth-order valence-corrected chi connectivity index (χ4v) is 3.93. The van der Waals surface area contributed by atoms with Crippen molar-refractivity contribution in [1.29, 1.82) is 0 Å². The highest BCUT2D eigenvalue weighted by molar-refractivity contribution is 5.96. The number of anilines is 1. The number of carbonyl (C=O) groups excluding carboxylic acids is 3. The van der Waals surface area contributed by atoms with Crippen LogP contribution in [0.4, 0.5) is 5.69 Å². The molecule has 6 nitrogen and oxygen atoms in total. The number of fused-ring (bicyclic) bond motifs is 1. The van der Waals surface area contributed by atoms with Gasteiger partial charge in [0.2, 0.25) is 5.91 Å². The van der Waals surface area contributed by atoms with Gasteiger partial charge in [-0.1, -0.05) is 30.3 Å². The van der Waals surface area contributed by atoms with Gasteiger partial charge in [-0.25, -0.2) is 4.79 Å². The maximum absolute atomic E-state index is 12.7. The quantitative estimate of drug-likeness (QED) is 0.742. The van der Waals surface area contributed by atoms with Crippen molar-refractivity contribution in [2.24, 2.45) is 5.92 Å². The van der Waals surface area contributed by atoms with Crippen LogP contribution in [0.25, 0.3) is 0 Å². The minimum absolute atomic E-state index is 0.00196. The summed E-state index contributed by atoms with van der Waals surface area (Å²) < 4.78 is 5.27. The Morgan fingerprint density at radius 3 is 2.67 bits per heavy atom. The fourth-order valence-electron chi connectivity index (χ4n) is 3.93. The third-order valence-corrected chi connectivity index (χ3v) is 5.84. The van der Waals surface area contributed by atoms with Crippen LogP contribution in [-0.2, 0) is 20.7 Å². The number of hydrogen-bond donors (Lipinski definition) is 1. The number of aryl methyl sites for hydroxylation is 1. The standard InChI is InChI=1S/C24H26N2O4/c1-26(21-11-5-7-16-6-2-3-10-20(16)21)22(27)15-30-24(29)18-8-4-9-19(14-18)25-23(28)17-12-13-17/h2-4,6,8-10,14,17,21H,5,7,11-13,15H2,1H3,(H,25,28). The lowest BCUT2D eigenvalue weighted by Crippen LogP contribution is -2.36. The van der Waals surface area contributed by atoms with Crippen LogP contribution in [0, 0.1) is 5.92 Å². The van der Waals surface area contributed by atoms with Gasteiger partial charge in [0.05, 0.1) is 11.6 Å². The molecular formula is C24H26N2O4. The van der Waals surface area contributed by atoms with Crippen LogP contribution in [-0.4, -0.2) is 36.3 Å². The molecule has 0 saturated heterocycles. The lowest BCUT2D eigenvalue weighted by atomic mass is 9.87. The first-order valence-electron chi connectivity index (χ1n) is 10.4. The highest BCUT2D eigenvalue weighted by Crippen LogP contribution is 2.33. The Kier molecular flexibility index (Phi) is 5.84. The van der Waals surface area contributed by atoms with Crippen molar-refractivity contribution in [3.8, 4) is 0 Å². The van der Waals surface area contributed by atoms with E-state index in [2.05, 4.69) is 17.4 Å². The number of carbonyl (C=O) groups is 3. The Morgan fingerprint density at radius 2 is 1.87 bits per heavy atom. The number of likely N-dealkylation sites (N-methyl/N-ethyl adjacent to an activating group) is 1. The molecule has 0 heterocycles. The molecule has 0 bridgehead atoms. The number of hydrogen-bond acceptors (Lipinski definition) is 4. The number of rotatable bonds is 6. The Hall–Kier alpha value is -3.15. The molecule has 30 heavy (non-hydrogen) atoms. The molecule has 1 N–H and O–H groups in total. The first-order valence-corrected chi connectivity index (χ1v) is 10.4. The smallest absolute Gasteiger partial charge is 0.338 e. The van der Waals surface area contributed by atoms with Crippen LogP contribution in [0.15, 0.2) is 48.5 Å². The van der Waals surface area contributed by atoms with Crippen LogP contribution in [0.5, 0.6) is 0 Å². The van der Waals surface area contributed by atoms with Gasteiger partial charge in [0.15, 0.2) is 6.61 Å². The number of benzene rings is 2. The van der Waals surface area contributed by atoms with Crippen LogP contribution in [0.3, 0.4) is 0 Å². The second-order valence-corrected chi connectivity index (χ2v) is 8.03. The molecule has 0 spiro atoms. The molecule has 0 aromatic heterocycles. The maximum atomic E-state index is 12.7. The van der Waals surface area contributed by atoms with Crippen molar-refractivity contribution >= 4 is 23.5 Å². The molecule has 1 saturated carbocycles. The number of esters is 1. The molecule has 0 radical (unpaired) electrons. The van der Waals surface area contributed by atoms with Crippen molar-refractivity contribution in [3.05, 3.63) is 65.2 Å². The third kappa shape index (κ3) is 4.53. The van der Waals surface area contributed by atoms with Crippen LogP contribution < -0.4 is 5.32 Å². The van der Waals surface area contributed by atoms with Crippen molar-refractivity contribution < 1.29 is 19.1 Å².